The number of fused-ring (bicyclic) bond motifs is 1. The molecule has 2 aromatic rings. The van der Waals surface area contributed by atoms with Crippen molar-refractivity contribution in [3.63, 3.8) is 0 Å². The molecule has 15 heteroatoms. The second-order valence-electron chi connectivity index (χ2n) is 22.2. The molecule has 0 radical (unpaired) electrons. The Balaban J connectivity index is 2.47. The zero-order valence-corrected chi connectivity index (χ0v) is 43.2. The van der Waals surface area contributed by atoms with E-state index in [0.29, 0.717) is 19.4 Å². The van der Waals surface area contributed by atoms with Gasteiger partial charge in [0.1, 0.15) is 34.9 Å². The molecule has 0 saturated heterocycles. The molecule has 366 valence electrons. The lowest BCUT2D eigenvalue weighted by Gasteiger charge is -2.42. The van der Waals surface area contributed by atoms with Crippen LogP contribution in [0.4, 0.5) is 9.59 Å². The van der Waals surface area contributed by atoms with Crippen LogP contribution in [0, 0.1) is 11.3 Å². The SMILES string of the molecule is C/C(=C\C(C(C)C)N(C)C(=O)C(NC(=O)C(N(C)C(=O)OC(C)(C)C)C(C)(C)c1cn(C)c2ccccc12)C(C)(C)C)C(=O)NC(CCCCNC(=O)OC(C)(C)C)C(=O)OC(C)(C)C. The smallest absolute Gasteiger partial charge is 0.410 e. The van der Waals surface area contributed by atoms with Crippen LogP contribution in [0.2, 0.25) is 0 Å². The predicted molar refractivity (Wildman–Crippen MR) is 256 cm³/mol. The summed E-state index contributed by atoms with van der Waals surface area (Å²) in [4.78, 5) is 85.6. The molecule has 0 aliphatic rings. The van der Waals surface area contributed by atoms with Crippen molar-refractivity contribution < 1.29 is 43.0 Å². The second kappa shape index (κ2) is 21.9. The van der Waals surface area contributed by atoms with E-state index in [4.69, 9.17) is 14.2 Å². The number of carbonyl (C=O) groups excluding carboxylic acids is 6. The van der Waals surface area contributed by atoms with Crippen molar-refractivity contribution >= 4 is 46.8 Å². The molecular weight excluding hydrogens is 829 g/mol. The molecule has 0 saturated carbocycles. The van der Waals surface area contributed by atoms with Gasteiger partial charge in [-0.3, -0.25) is 19.3 Å². The minimum absolute atomic E-state index is 0.182. The molecule has 4 unspecified atom stereocenters. The molecule has 5 amide bonds. The van der Waals surface area contributed by atoms with Crippen molar-refractivity contribution in [2.45, 2.75) is 183 Å². The Kier molecular flexibility index (Phi) is 18.9. The number of aromatic nitrogens is 1. The lowest BCUT2D eigenvalue weighted by Crippen LogP contribution is -2.63. The molecule has 2 rings (SSSR count). The number of carbonyl (C=O) groups is 6. The van der Waals surface area contributed by atoms with E-state index in [1.807, 2.05) is 90.5 Å². The third-order valence-corrected chi connectivity index (χ3v) is 10.8. The number of rotatable bonds is 17. The van der Waals surface area contributed by atoms with E-state index in [9.17, 15) is 28.8 Å². The van der Waals surface area contributed by atoms with Crippen molar-refractivity contribution in [3.05, 3.63) is 47.7 Å². The highest BCUT2D eigenvalue weighted by molar-refractivity contribution is 5.97. The van der Waals surface area contributed by atoms with Crippen molar-refractivity contribution in [3.8, 4) is 0 Å². The van der Waals surface area contributed by atoms with E-state index >= 15 is 0 Å². The fourth-order valence-corrected chi connectivity index (χ4v) is 7.61. The summed E-state index contributed by atoms with van der Waals surface area (Å²) in [5.74, 6) is -2.22. The Bertz CT molecular complexity index is 2020. The van der Waals surface area contributed by atoms with Crippen LogP contribution in [0.5, 0.6) is 0 Å². The highest BCUT2D eigenvalue weighted by atomic mass is 16.6. The van der Waals surface area contributed by atoms with Crippen LogP contribution in [0.3, 0.4) is 0 Å². The minimum Gasteiger partial charge on any atom is -0.458 e. The largest absolute Gasteiger partial charge is 0.458 e. The number of likely N-dealkylation sites (N-methyl/N-ethyl adjacent to an activating group) is 2. The number of nitrogens with one attached hydrogen (secondary N) is 3. The van der Waals surface area contributed by atoms with Crippen LogP contribution >= 0.6 is 0 Å². The van der Waals surface area contributed by atoms with Gasteiger partial charge in [0.25, 0.3) is 0 Å². The third kappa shape index (κ3) is 16.7. The van der Waals surface area contributed by atoms with Crippen LogP contribution in [0.15, 0.2) is 42.1 Å². The van der Waals surface area contributed by atoms with E-state index in [1.165, 1.54) is 16.8 Å². The molecule has 3 N–H and O–H groups in total. The van der Waals surface area contributed by atoms with Gasteiger partial charge in [-0.05, 0) is 111 Å². The highest BCUT2D eigenvalue weighted by Crippen LogP contribution is 2.37. The molecule has 4 atom stereocenters. The Morgan fingerprint density at radius 1 is 0.754 bits per heavy atom. The van der Waals surface area contributed by atoms with Gasteiger partial charge in [0.05, 0.1) is 6.04 Å². The molecule has 0 bridgehead atoms. The lowest BCUT2D eigenvalue weighted by molar-refractivity contribution is -0.158. The van der Waals surface area contributed by atoms with Gasteiger partial charge in [-0.1, -0.05) is 72.7 Å². The number of nitrogens with zero attached hydrogens (tertiary/aromatic N) is 3. The molecule has 0 spiro atoms. The molecule has 0 aliphatic carbocycles. The van der Waals surface area contributed by atoms with Gasteiger partial charge in [-0.25, -0.2) is 14.4 Å². The number of unbranched alkanes of at least 4 members (excludes halogenated alkanes) is 1. The second-order valence-corrected chi connectivity index (χ2v) is 22.2. The Hall–Kier alpha value is -5.08. The lowest BCUT2D eigenvalue weighted by atomic mass is 9.76. The van der Waals surface area contributed by atoms with Crippen molar-refractivity contribution in [1.29, 1.82) is 0 Å². The Labute approximate surface area is 389 Å². The molecule has 65 heavy (non-hydrogen) atoms. The minimum atomic E-state index is -1.13. The van der Waals surface area contributed by atoms with Crippen LogP contribution in [0.1, 0.15) is 143 Å². The fourth-order valence-electron chi connectivity index (χ4n) is 7.61. The first kappa shape index (κ1) is 56.1. The predicted octanol–water partition coefficient (Wildman–Crippen LogP) is 8.17. The molecular formula is C50H82N6O9. The highest BCUT2D eigenvalue weighted by Gasteiger charge is 2.47. The molecule has 0 aliphatic heterocycles. The average Bonchev–Trinajstić information content (AvgIpc) is 3.48. The van der Waals surface area contributed by atoms with E-state index < -0.39 is 87.7 Å². The normalized spacial score (nSPS) is 14.8. The van der Waals surface area contributed by atoms with E-state index in [1.54, 1.807) is 82.4 Å². The van der Waals surface area contributed by atoms with Gasteiger partial charge in [0.15, 0.2) is 0 Å². The summed E-state index contributed by atoms with van der Waals surface area (Å²) in [7, 11) is 5.11. The van der Waals surface area contributed by atoms with E-state index in [2.05, 4.69) is 16.0 Å². The van der Waals surface area contributed by atoms with Gasteiger partial charge in [-0.15, -0.1) is 0 Å². The number of hydrogen-bond acceptors (Lipinski definition) is 9. The number of para-hydroxylation sites is 1. The van der Waals surface area contributed by atoms with Crippen LogP contribution in [-0.2, 0) is 45.9 Å². The first-order chi connectivity index (χ1) is 29.5. The van der Waals surface area contributed by atoms with Gasteiger partial charge in [0, 0.05) is 55.8 Å². The van der Waals surface area contributed by atoms with E-state index in [0.717, 1.165) is 16.5 Å². The zero-order valence-electron chi connectivity index (χ0n) is 43.2. The van der Waals surface area contributed by atoms with Crippen LogP contribution in [0.25, 0.3) is 10.9 Å². The van der Waals surface area contributed by atoms with Crippen molar-refractivity contribution in [1.82, 2.24) is 30.3 Å². The first-order valence-electron chi connectivity index (χ1n) is 22.7. The Morgan fingerprint density at radius 3 is 1.83 bits per heavy atom. The first-order valence-corrected chi connectivity index (χ1v) is 22.7. The maximum absolute atomic E-state index is 14.9. The number of amides is 5. The molecule has 1 heterocycles. The maximum Gasteiger partial charge on any atom is 0.410 e. The zero-order chi connectivity index (χ0) is 50.2. The van der Waals surface area contributed by atoms with Gasteiger partial charge in [-0.2, -0.15) is 0 Å². The van der Waals surface area contributed by atoms with Crippen molar-refractivity contribution in [2.24, 2.45) is 18.4 Å². The molecule has 1 aromatic heterocycles. The number of esters is 1. The average molecular weight is 911 g/mol. The van der Waals surface area contributed by atoms with Crippen molar-refractivity contribution in [2.75, 3.05) is 20.6 Å². The standard InChI is InChI=1S/C50H82N6O9/c1-31(2)37(29-32(3)40(57)52-35(43(60)63-47(7,8)9)26-23-24-28-51-44(61)64-48(10,11)12)55(19)42(59)38(46(4,5)6)53-41(58)39(56(20)45(62)65-49(13,14)15)50(16,17)34-30-54(18)36-27-22-21-25-33(34)36/h21-22,25,27,29-31,35,37-39H,23-24,26,28H2,1-20H3,(H,51,61)(H,52,57)(H,53,58)/b32-29+. The van der Waals surface area contributed by atoms with Gasteiger partial charge >= 0.3 is 18.2 Å². The Morgan fingerprint density at radius 2 is 1.31 bits per heavy atom. The van der Waals surface area contributed by atoms with Crippen LogP contribution < -0.4 is 16.0 Å². The summed E-state index contributed by atoms with van der Waals surface area (Å²) in [5, 5.41) is 9.55. The van der Waals surface area contributed by atoms with Gasteiger partial charge < -0.3 is 39.6 Å². The number of aryl methyl sites for hydroxylation is 1. The van der Waals surface area contributed by atoms with Crippen LogP contribution in [-0.4, -0.2) is 112 Å². The number of alkyl carbamates (subject to hydrolysis) is 1. The third-order valence-electron chi connectivity index (χ3n) is 10.8. The molecule has 1 aromatic carbocycles. The number of benzene rings is 1. The molecule has 0 fully saturated rings. The summed E-state index contributed by atoms with van der Waals surface area (Å²) < 4.78 is 18.7. The summed E-state index contributed by atoms with van der Waals surface area (Å²) in [5.41, 5.74) is -2.00. The quantitative estimate of drug-likeness (QED) is 0.0612. The summed E-state index contributed by atoms with van der Waals surface area (Å²) in [6, 6.07) is 4.07. The summed E-state index contributed by atoms with van der Waals surface area (Å²) in [6.07, 6.45) is 3.70. The van der Waals surface area contributed by atoms with Gasteiger partial charge in [0.2, 0.25) is 17.7 Å². The summed E-state index contributed by atoms with van der Waals surface area (Å²) in [6.45, 7) is 31.0. The molecule has 15 nitrogen and oxygen atoms in total. The fraction of sp³-hybridized carbons (Fsp3) is 0.680. The van der Waals surface area contributed by atoms with E-state index in [-0.39, 0.29) is 17.9 Å². The number of ether oxygens (including phenoxy) is 3. The summed E-state index contributed by atoms with van der Waals surface area (Å²) >= 11 is 0. The monoisotopic (exact) mass is 911 g/mol. The topological polar surface area (TPSA) is 178 Å². The maximum atomic E-state index is 14.9. The number of hydrogen-bond donors (Lipinski definition) is 3.